The summed E-state index contributed by atoms with van der Waals surface area (Å²) in [5, 5.41) is 10.8. The van der Waals surface area contributed by atoms with Crippen molar-refractivity contribution in [3.63, 3.8) is 0 Å². The second-order valence-corrected chi connectivity index (χ2v) is 5.07. The first kappa shape index (κ1) is 11.3. The van der Waals surface area contributed by atoms with Crippen molar-refractivity contribution in [3.8, 4) is 21.1 Å². The number of benzene rings is 1. The Bertz CT molecular complexity index is 650. The highest BCUT2D eigenvalue weighted by Gasteiger charge is 2.08. The average Bonchev–Trinajstić information content (AvgIpc) is 2.90. The van der Waals surface area contributed by atoms with Crippen LogP contribution in [0.3, 0.4) is 0 Å². The van der Waals surface area contributed by atoms with Gasteiger partial charge in [-0.25, -0.2) is 0 Å². The molecule has 0 bridgehead atoms. The SMILES string of the molecule is Clc1ccc(-c2nnc(-c3cccnc3)s2)cc1. The molecule has 0 aliphatic heterocycles. The van der Waals surface area contributed by atoms with Gasteiger partial charge in [0.25, 0.3) is 0 Å². The number of aromatic nitrogens is 3. The average molecular weight is 274 g/mol. The molecule has 2 aromatic heterocycles. The Morgan fingerprint density at radius 1 is 0.889 bits per heavy atom. The summed E-state index contributed by atoms with van der Waals surface area (Å²) in [7, 11) is 0. The van der Waals surface area contributed by atoms with E-state index in [9.17, 15) is 0 Å². The zero-order valence-electron chi connectivity index (χ0n) is 9.25. The fraction of sp³-hybridized carbons (Fsp3) is 0. The van der Waals surface area contributed by atoms with Crippen LogP contribution in [-0.2, 0) is 0 Å². The van der Waals surface area contributed by atoms with Crippen LogP contribution in [0.15, 0.2) is 48.8 Å². The van der Waals surface area contributed by atoms with Gasteiger partial charge in [-0.1, -0.05) is 35.1 Å². The van der Waals surface area contributed by atoms with Crippen molar-refractivity contribution in [3.05, 3.63) is 53.8 Å². The molecule has 3 aromatic rings. The Labute approximate surface area is 113 Å². The third-order valence-corrected chi connectivity index (χ3v) is 3.70. The van der Waals surface area contributed by atoms with Gasteiger partial charge in [0.1, 0.15) is 10.0 Å². The molecule has 2 heterocycles. The molecule has 0 atom stereocenters. The van der Waals surface area contributed by atoms with E-state index >= 15 is 0 Å². The summed E-state index contributed by atoms with van der Waals surface area (Å²) >= 11 is 7.40. The van der Waals surface area contributed by atoms with Crippen molar-refractivity contribution in [1.82, 2.24) is 15.2 Å². The molecule has 0 aliphatic rings. The monoisotopic (exact) mass is 273 g/mol. The molecule has 88 valence electrons. The highest BCUT2D eigenvalue weighted by atomic mass is 35.5. The molecule has 0 N–H and O–H groups in total. The Morgan fingerprint density at radius 2 is 1.61 bits per heavy atom. The summed E-state index contributed by atoms with van der Waals surface area (Å²) < 4.78 is 0. The number of pyridine rings is 1. The van der Waals surface area contributed by atoms with Crippen molar-refractivity contribution >= 4 is 22.9 Å². The largest absolute Gasteiger partial charge is 0.264 e. The molecule has 0 amide bonds. The number of nitrogens with zero attached hydrogens (tertiary/aromatic N) is 3. The fourth-order valence-corrected chi connectivity index (χ4v) is 2.50. The molecule has 5 heteroatoms. The van der Waals surface area contributed by atoms with Crippen LogP contribution in [0.1, 0.15) is 0 Å². The number of rotatable bonds is 2. The third kappa shape index (κ3) is 2.25. The van der Waals surface area contributed by atoms with E-state index in [4.69, 9.17) is 11.6 Å². The lowest BCUT2D eigenvalue weighted by Crippen LogP contribution is -1.77. The summed E-state index contributed by atoms with van der Waals surface area (Å²) in [5.41, 5.74) is 2.00. The minimum absolute atomic E-state index is 0.718. The van der Waals surface area contributed by atoms with Crippen LogP contribution >= 0.6 is 22.9 Å². The zero-order chi connectivity index (χ0) is 12.4. The predicted octanol–water partition coefficient (Wildman–Crippen LogP) is 3.92. The van der Waals surface area contributed by atoms with Crippen molar-refractivity contribution in [2.24, 2.45) is 0 Å². The molecular formula is C13H8ClN3S. The maximum absolute atomic E-state index is 5.86. The zero-order valence-corrected chi connectivity index (χ0v) is 10.8. The summed E-state index contributed by atoms with van der Waals surface area (Å²) in [6, 6.07) is 11.4. The third-order valence-electron chi connectivity index (χ3n) is 2.42. The van der Waals surface area contributed by atoms with E-state index in [2.05, 4.69) is 15.2 Å². The number of hydrogen-bond donors (Lipinski definition) is 0. The van der Waals surface area contributed by atoms with Crippen LogP contribution in [0.4, 0.5) is 0 Å². The maximum Gasteiger partial charge on any atom is 0.149 e. The van der Waals surface area contributed by atoms with Gasteiger partial charge in [0, 0.05) is 28.5 Å². The van der Waals surface area contributed by atoms with E-state index in [1.54, 1.807) is 12.4 Å². The van der Waals surface area contributed by atoms with Gasteiger partial charge in [-0.3, -0.25) is 4.98 Å². The molecule has 0 saturated carbocycles. The van der Waals surface area contributed by atoms with E-state index in [0.717, 1.165) is 26.2 Å². The first-order chi connectivity index (χ1) is 8.83. The first-order valence-electron chi connectivity index (χ1n) is 5.33. The van der Waals surface area contributed by atoms with Gasteiger partial charge in [-0.2, -0.15) is 0 Å². The second-order valence-electron chi connectivity index (χ2n) is 3.66. The van der Waals surface area contributed by atoms with Crippen LogP contribution in [0.25, 0.3) is 21.1 Å². The first-order valence-corrected chi connectivity index (χ1v) is 6.52. The van der Waals surface area contributed by atoms with Gasteiger partial charge in [0.05, 0.1) is 0 Å². The summed E-state index contributed by atoms with van der Waals surface area (Å²) in [6.45, 7) is 0. The van der Waals surface area contributed by atoms with Crippen molar-refractivity contribution in [2.75, 3.05) is 0 Å². The molecule has 1 aromatic carbocycles. The van der Waals surface area contributed by atoms with E-state index in [1.807, 2.05) is 36.4 Å². The lowest BCUT2D eigenvalue weighted by molar-refractivity contribution is 1.10. The standard InChI is InChI=1S/C13H8ClN3S/c14-11-5-3-9(4-6-11)12-16-17-13(18-12)10-2-1-7-15-8-10/h1-8H. The second kappa shape index (κ2) is 4.84. The molecule has 0 saturated heterocycles. The van der Waals surface area contributed by atoms with Crippen molar-refractivity contribution in [1.29, 1.82) is 0 Å². The number of hydrogen-bond acceptors (Lipinski definition) is 4. The maximum atomic E-state index is 5.86. The lowest BCUT2D eigenvalue weighted by atomic mass is 10.2. The Balaban J connectivity index is 1.97. The molecule has 3 nitrogen and oxygen atoms in total. The van der Waals surface area contributed by atoms with Crippen LogP contribution in [0, 0.1) is 0 Å². The van der Waals surface area contributed by atoms with Gasteiger partial charge in [0.15, 0.2) is 0 Å². The Kier molecular flexibility index (Phi) is 3.04. The van der Waals surface area contributed by atoms with Gasteiger partial charge in [-0.05, 0) is 24.3 Å². The molecular weight excluding hydrogens is 266 g/mol. The van der Waals surface area contributed by atoms with Crippen LogP contribution in [0.2, 0.25) is 5.02 Å². The van der Waals surface area contributed by atoms with Gasteiger partial charge in [0.2, 0.25) is 0 Å². The van der Waals surface area contributed by atoms with Gasteiger partial charge < -0.3 is 0 Å². The Hall–Kier alpha value is -1.78. The fourth-order valence-electron chi connectivity index (χ4n) is 1.54. The highest BCUT2D eigenvalue weighted by Crippen LogP contribution is 2.29. The van der Waals surface area contributed by atoms with E-state index in [0.29, 0.717) is 0 Å². The minimum Gasteiger partial charge on any atom is -0.264 e. The molecule has 0 fully saturated rings. The molecule has 3 rings (SSSR count). The molecule has 18 heavy (non-hydrogen) atoms. The summed E-state index contributed by atoms with van der Waals surface area (Å²) in [5.74, 6) is 0. The van der Waals surface area contributed by atoms with E-state index in [1.165, 1.54) is 11.3 Å². The smallest absolute Gasteiger partial charge is 0.149 e. The van der Waals surface area contributed by atoms with Gasteiger partial charge >= 0.3 is 0 Å². The molecule has 0 aliphatic carbocycles. The van der Waals surface area contributed by atoms with Gasteiger partial charge in [-0.15, -0.1) is 10.2 Å². The minimum atomic E-state index is 0.718. The normalized spacial score (nSPS) is 10.5. The quantitative estimate of drug-likeness (QED) is 0.710. The van der Waals surface area contributed by atoms with Crippen molar-refractivity contribution < 1.29 is 0 Å². The van der Waals surface area contributed by atoms with Crippen LogP contribution in [0.5, 0.6) is 0 Å². The molecule has 0 spiro atoms. The summed E-state index contributed by atoms with van der Waals surface area (Å²) in [6.07, 6.45) is 3.52. The molecule has 0 radical (unpaired) electrons. The summed E-state index contributed by atoms with van der Waals surface area (Å²) in [4.78, 5) is 4.08. The van der Waals surface area contributed by atoms with Crippen LogP contribution < -0.4 is 0 Å². The van der Waals surface area contributed by atoms with Crippen LogP contribution in [-0.4, -0.2) is 15.2 Å². The van der Waals surface area contributed by atoms with E-state index in [-0.39, 0.29) is 0 Å². The van der Waals surface area contributed by atoms with E-state index < -0.39 is 0 Å². The topological polar surface area (TPSA) is 38.7 Å². The lowest BCUT2D eigenvalue weighted by Gasteiger charge is -1.94. The Morgan fingerprint density at radius 3 is 2.28 bits per heavy atom. The highest BCUT2D eigenvalue weighted by molar-refractivity contribution is 7.17. The molecule has 0 unspecified atom stereocenters. The van der Waals surface area contributed by atoms with Crippen molar-refractivity contribution in [2.45, 2.75) is 0 Å². The predicted molar refractivity (Wildman–Crippen MR) is 73.6 cm³/mol. The number of halogens is 1.